The minimum atomic E-state index is -0.0269. The molecule has 21 heavy (non-hydrogen) atoms. The zero-order valence-electron chi connectivity index (χ0n) is 11.4. The standard InChI is InChI=1S/C16H16Cl2N2O/c17-13-3-1-12(2-4-13)11-19-10-9-16(21)20-15-7-5-14(18)6-8-15/h1-8,19H,9-11H2,(H,20,21). The molecule has 0 saturated carbocycles. The number of carbonyl (C=O) groups is 1. The molecule has 0 bridgehead atoms. The second kappa shape index (κ2) is 8.03. The predicted molar refractivity (Wildman–Crippen MR) is 87.9 cm³/mol. The van der Waals surface area contributed by atoms with E-state index in [4.69, 9.17) is 23.2 Å². The lowest BCUT2D eigenvalue weighted by Crippen LogP contribution is -2.21. The van der Waals surface area contributed by atoms with Gasteiger partial charge in [0.15, 0.2) is 0 Å². The molecule has 0 aromatic heterocycles. The summed E-state index contributed by atoms with van der Waals surface area (Å²) in [6.07, 6.45) is 0.413. The van der Waals surface area contributed by atoms with Crippen molar-refractivity contribution in [2.24, 2.45) is 0 Å². The Morgan fingerprint density at radius 1 is 0.905 bits per heavy atom. The molecule has 3 nitrogen and oxygen atoms in total. The average molecular weight is 323 g/mol. The van der Waals surface area contributed by atoms with Crippen molar-refractivity contribution in [2.45, 2.75) is 13.0 Å². The van der Waals surface area contributed by atoms with E-state index >= 15 is 0 Å². The zero-order valence-corrected chi connectivity index (χ0v) is 12.9. The van der Waals surface area contributed by atoms with Gasteiger partial charge in [-0.25, -0.2) is 0 Å². The van der Waals surface area contributed by atoms with Crippen LogP contribution in [-0.4, -0.2) is 12.5 Å². The largest absolute Gasteiger partial charge is 0.326 e. The molecule has 1 amide bonds. The molecule has 0 saturated heterocycles. The third-order valence-electron chi connectivity index (χ3n) is 2.90. The number of anilines is 1. The highest BCUT2D eigenvalue weighted by molar-refractivity contribution is 6.30. The lowest BCUT2D eigenvalue weighted by atomic mass is 10.2. The molecule has 2 aromatic rings. The van der Waals surface area contributed by atoms with E-state index < -0.39 is 0 Å². The molecule has 0 aliphatic carbocycles. The highest BCUT2D eigenvalue weighted by Gasteiger charge is 2.02. The van der Waals surface area contributed by atoms with Crippen molar-refractivity contribution in [1.29, 1.82) is 0 Å². The van der Waals surface area contributed by atoms with Gasteiger partial charge in [-0.2, -0.15) is 0 Å². The van der Waals surface area contributed by atoms with E-state index in [1.807, 2.05) is 24.3 Å². The van der Waals surface area contributed by atoms with Crippen LogP contribution < -0.4 is 10.6 Å². The molecule has 0 spiro atoms. The van der Waals surface area contributed by atoms with Crippen molar-refractivity contribution < 1.29 is 4.79 Å². The molecule has 0 aliphatic rings. The van der Waals surface area contributed by atoms with Gasteiger partial charge in [-0.1, -0.05) is 35.3 Å². The minimum absolute atomic E-state index is 0.0269. The van der Waals surface area contributed by atoms with Crippen LogP contribution in [0.3, 0.4) is 0 Å². The number of hydrogen-bond donors (Lipinski definition) is 2. The molecule has 0 atom stereocenters. The van der Waals surface area contributed by atoms with Gasteiger partial charge in [-0.3, -0.25) is 4.79 Å². The van der Waals surface area contributed by atoms with Crippen molar-refractivity contribution >= 4 is 34.8 Å². The van der Waals surface area contributed by atoms with Gasteiger partial charge in [0.2, 0.25) is 5.91 Å². The van der Waals surface area contributed by atoms with E-state index in [1.54, 1.807) is 24.3 Å². The van der Waals surface area contributed by atoms with Crippen LogP contribution in [0.5, 0.6) is 0 Å². The SMILES string of the molecule is O=C(CCNCc1ccc(Cl)cc1)Nc1ccc(Cl)cc1. The van der Waals surface area contributed by atoms with E-state index in [9.17, 15) is 4.79 Å². The average Bonchev–Trinajstić information content (AvgIpc) is 2.48. The Kier molecular flexibility index (Phi) is 6.05. The molecule has 2 N–H and O–H groups in total. The maximum Gasteiger partial charge on any atom is 0.225 e. The topological polar surface area (TPSA) is 41.1 Å². The van der Waals surface area contributed by atoms with Crippen LogP contribution in [-0.2, 0) is 11.3 Å². The summed E-state index contributed by atoms with van der Waals surface area (Å²) in [5.41, 5.74) is 1.89. The molecule has 110 valence electrons. The van der Waals surface area contributed by atoms with Gasteiger partial charge in [0.25, 0.3) is 0 Å². The number of benzene rings is 2. The van der Waals surface area contributed by atoms with Crippen LogP contribution in [0.15, 0.2) is 48.5 Å². The first kappa shape index (κ1) is 15.8. The Labute approximate surface area is 134 Å². The van der Waals surface area contributed by atoms with Gasteiger partial charge in [0.05, 0.1) is 0 Å². The highest BCUT2D eigenvalue weighted by atomic mass is 35.5. The van der Waals surface area contributed by atoms with Gasteiger partial charge >= 0.3 is 0 Å². The first-order valence-corrected chi connectivity index (χ1v) is 7.39. The Morgan fingerprint density at radius 2 is 1.48 bits per heavy atom. The normalized spacial score (nSPS) is 10.4. The summed E-state index contributed by atoms with van der Waals surface area (Å²) in [6.45, 7) is 1.33. The molecule has 5 heteroatoms. The van der Waals surface area contributed by atoms with Crippen molar-refractivity contribution in [3.8, 4) is 0 Å². The smallest absolute Gasteiger partial charge is 0.225 e. The quantitative estimate of drug-likeness (QED) is 0.786. The van der Waals surface area contributed by atoms with E-state index in [0.29, 0.717) is 24.5 Å². The van der Waals surface area contributed by atoms with E-state index in [-0.39, 0.29) is 5.91 Å². The van der Waals surface area contributed by atoms with E-state index in [2.05, 4.69) is 10.6 Å². The van der Waals surface area contributed by atoms with Crippen LogP contribution in [0.25, 0.3) is 0 Å². The van der Waals surface area contributed by atoms with Gasteiger partial charge in [-0.15, -0.1) is 0 Å². The number of nitrogens with one attached hydrogen (secondary N) is 2. The van der Waals surface area contributed by atoms with Crippen molar-refractivity contribution in [3.05, 3.63) is 64.1 Å². The number of amides is 1. The Bertz CT molecular complexity index is 582. The molecule has 2 rings (SSSR count). The summed E-state index contributed by atoms with van der Waals surface area (Å²) in [5, 5.41) is 7.42. The summed E-state index contributed by atoms with van der Waals surface area (Å²) in [5.74, 6) is -0.0269. The van der Waals surface area contributed by atoms with Crippen LogP contribution >= 0.6 is 23.2 Å². The van der Waals surface area contributed by atoms with Crippen LogP contribution in [0.1, 0.15) is 12.0 Å². The number of halogens is 2. The van der Waals surface area contributed by atoms with E-state index in [1.165, 1.54) is 0 Å². The fourth-order valence-corrected chi connectivity index (χ4v) is 2.05. The molecule has 2 aromatic carbocycles. The fraction of sp³-hybridized carbons (Fsp3) is 0.188. The second-order valence-electron chi connectivity index (χ2n) is 4.61. The molecule has 0 aliphatic heterocycles. The van der Waals surface area contributed by atoms with E-state index in [0.717, 1.165) is 16.3 Å². The van der Waals surface area contributed by atoms with Crippen LogP contribution in [0, 0.1) is 0 Å². The number of hydrogen-bond acceptors (Lipinski definition) is 2. The summed E-state index contributed by atoms with van der Waals surface area (Å²) in [4.78, 5) is 11.8. The molecule has 0 fully saturated rings. The Balaban J connectivity index is 1.67. The third-order valence-corrected chi connectivity index (χ3v) is 3.40. The molecule has 0 unspecified atom stereocenters. The van der Waals surface area contributed by atoms with Crippen LogP contribution in [0.2, 0.25) is 10.0 Å². The predicted octanol–water partition coefficient (Wildman–Crippen LogP) is 4.11. The highest BCUT2D eigenvalue weighted by Crippen LogP contribution is 2.13. The second-order valence-corrected chi connectivity index (χ2v) is 5.48. The lowest BCUT2D eigenvalue weighted by Gasteiger charge is -2.07. The maximum absolute atomic E-state index is 11.8. The first-order chi connectivity index (χ1) is 10.1. The van der Waals surface area contributed by atoms with Gasteiger partial charge in [0, 0.05) is 35.2 Å². The Morgan fingerprint density at radius 3 is 2.10 bits per heavy atom. The zero-order chi connectivity index (χ0) is 15.1. The fourth-order valence-electron chi connectivity index (χ4n) is 1.79. The summed E-state index contributed by atoms with van der Waals surface area (Å²) < 4.78 is 0. The first-order valence-electron chi connectivity index (χ1n) is 6.64. The lowest BCUT2D eigenvalue weighted by molar-refractivity contribution is -0.116. The monoisotopic (exact) mass is 322 g/mol. The molecular weight excluding hydrogens is 307 g/mol. The van der Waals surface area contributed by atoms with Crippen molar-refractivity contribution in [2.75, 3.05) is 11.9 Å². The molecule has 0 heterocycles. The van der Waals surface area contributed by atoms with Gasteiger partial charge in [-0.05, 0) is 42.0 Å². The van der Waals surface area contributed by atoms with Crippen molar-refractivity contribution in [1.82, 2.24) is 5.32 Å². The summed E-state index contributed by atoms with van der Waals surface area (Å²) in [6, 6.07) is 14.7. The maximum atomic E-state index is 11.8. The molecular formula is C16H16Cl2N2O. The van der Waals surface area contributed by atoms with Gasteiger partial charge < -0.3 is 10.6 Å². The van der Waals surface area contributed by atoms with Crippen LogP contribution in [0.4, 0.5) is 5.69 Å². The third kappa shape index (κ3) is 5.76. The summed E-state index contributed by atoms with van der Waals surface area (Å²) in [7, 11) is 0. The molecule has 0 radical (unpaired) electrons. The summed E-state index contributed by atoms with van der Waals surface area (Å²) >= 11 is 11.6. The number of rotatable bonds is 6. The van der Waals surface area contributed by atoms with Gasteiger partial charge in [0.1, 0.15) is 0 Å². The number of carbonyl (C=O) groups excluding carboxylic acids is 1. The Hall–Kier alpha value is -1.55. The minimum Gasteiger partial charge on any atom is -0.326 e. The van der Waals surface area contributed by atoms with Crippen molar-refractivity contribution in [3.63, 3.8) is 0 Å².